The topological polar surface area (TPSA) is 80.3 Å². The molecule has 2 rings (SSSR count). The molecule has 0 spiro atoms. The summed E-state index contributed by atoms with van der Waals surface area (Å²) in [6.45, 7) is 1.75. The summed E-state index contributed by atoms with van der Waals surface area (Å²) in [4.78, 5) is 28.3. The lowest BCUT2D eigenvalue weighted by Gasteiger charge is -2.18. The number of ether oxygens (including phenoxy) is 1. The van der Waals surface area contributed by atoms with E-state index in [-0.39, 0.29) is 11.8 Å². The van der Waals surface area contributed by atoms with Crippen LogP contribution in [0.15, 0.2) is 48.7 Å². The summed E-state index contributed by atoms with van der Waals surface area (Å²) in [5.74, 6) is 0.0136. The van der Waals surface area contributed by atoms with Gasteiger partial charge in [0.2, 0.25) is 17.7 Å². The van der Waals surface area contributed by atoms with E-state index in [2.05, 4.69) is 15.6 Å². The normalized spacial score (nSPS) is 11.4. The molecule has 2 amide bonds. The van der Waals surface area contributed by atoms with Crippen LogP contribution in [0.25, 0.3) is 0 Å². The number of hydrogen-bond donors (Lipinski definition) is 2. The first-order valence-electron chi connectivity index (χ1n) is 7.76. The monoisotopic (exact) mass is 327 g/mol. The van der Waals surface area contributed by atoms with Crippen molar-refractivity contribution in [2.45, 2.75) is 25.8 Å². The third-order valence-electron chi connectivity index (χ3n) is 3.47. The third kappa shape index (κ3) is 5.08. The Morgan fingerprint density at radius 2 is 1.92 bits per heavy atom. The Morgan fingerprint density at radius 1 is 1.17 bits per heavy atom. The van der Waals surface area contributed by atoms with Gasteiger partial charge in [-0.15, -0.1) is 0 Å². The summed E-state index contributed by atoms with van der Waals surface area (Å²) in [6.07, 6.45) is 2.25. The molecule has 1 aromatic carbocycles. The zero-order valence-electron chi connectivity index (χ0n) is 13.8. The van der Waals surface area contributed by atoms with E-state index in [4.69, 9.17) is 4.74 Å². The van der Waals surface area contributed by atoms with E-state index >= 15 is 0 Å². The fraction of sp³-hybridized carbons (Fsp3) is 0.278. The first-order valence-corrected chi connectivity index (χ1v) is 7.76. The number of nitrogens with zero attached hydrogens (tertiary/aromatic N) is 1. The Morgan fingerprint density at radius 3 is 2.50 bits per heavy atom. The lowest BCUT2D eigenvalue weighted by Crippen LogP contribution is -2.45. The minimum atomic E-state index is -0.651. The van der Waals surface area contributed by atoms with Gasteiger partial charge >= 0.3 is 0 Å². The van der Waals surface area contributed by atoms with Crippen LogP contribution in [0.1, 0.15) is 18.9 Å². The molecule has 0 fully saturated rings. The van der Waals surface area contributed by atoms with Gasteiger partial charge in [0.25, 0.3) is 0 Å². The molecule has 0 aliphatic rings. The average molecular weight is 327 g/mol. The van der Waals surface area contributed by atoms with E-state index in [1.165, 1.54) is 13.3 Å². The highest BCUT2D eigenvalue weighted by Crippen LogP contribution is 2.12. The summed E-state index contributed by atoms with van der Waals surface area (Å²) in [6, 6.07) is 12.3. The highest BCUT2D eigenvalue weighted by Gasteiger charge is 2.21. The number of hydrogen-bond acceptors (Lipinski definition) is 4. The number of carbonyl (C=O) groups is 2. The van der Waals surface area contributed by atoms with Crippen molar-refractivity contribution in [3.05, 3.63) is 54.2 Å². The van der Waals surface area contributed by atoms with E-state index in [9.17, 15) is 9.59 Å². The Bertz CT molecular complexity index is 672. The molecule has 6 nitrogen and oxygen atoms in total. The molecule has 126 valence electrons. The van der Waals surface area contributed by atoms with Gasteiger partial charge < -0.3 is 15.4 Å². The molecule has 0 saturated carbocycles. The second-order valence-corrected chi connectivity index (χ2v) is 5.24. The van der Waals surface area contributed by atoms with Crippen LogP contribution in [-0.2, 0) is 16.0 Å². The second-order valence-electron chi connectivity index (χ2n) is 5.24. The molecule has 0 aliphatic carbocycles. The summed E-state index contributed by atoms with van der Waals surface area (Å²) in [5, 5.41) is 5.53. The van der Waals surface area contributed by atoms with Crippen LogP contribution in [0.5, 0.6) is 5.88 Å². The number of amides is 2. The van der Waals surface area contributed by atoms with Crippen molar-refractivity contribution >= 4 is 17.5 Å². The average Bonchev–Trinajstić information content (AvgIpc) is 2.62. The number of nitrogens with one attached hydrogen (secondary N) is 2. The maximum Gasteiger partial charge on any atom is 0.247 e. The Labute approximate surface area is 141 Å². The van der Waals surface area contributed by atoms with E-state index in [1.807, 2.05) is 30.3 Å². The summed E-state index contributed by atoms with van der Waals surface area (Å²) >= 11 is 0. The number of aromatic nitrogens is 1. The van der Waals surface area contributed by atoms with Gasteiger partial charge in [-0.3, -0.25) is 9.59 Å². The molecule has 1 heterocycles. The molecule has 1 unspecified atom stereocenters. The quantitative estimate of drug-likeness (QED) is 0.817. The number of benzene rings is 1. The van der Waals surface area contributed by atoms with Crippen molar-refractivity contribution in [3.8, 4) is 5.88 Å². The lowest BCUT2D eigenvalue weighted by atomic mass is 10.0. The van der Waals surface area contributed by atoms with Crippen molar-refractivity contribution in [1.29, 1.82) is 0 Å². The number of methoxy groups -OCH3 is 1. The molecule has 1 atom stereocenters. The Hall–Kier alpha value is -2.89. The molecule has 0 saturated heterocycles. The van der Waals surface area contributed by atoms with Crippen molar-refractivity contribution in [2.24, 2.45) is 0 Å². The van der Waals surface area contributed by atoms with Gasteiger partial charge in [0.1, 0.15) is 6.04 Å². The number of rotatable bonds is 7. The SMILES string of the molecule is CCC(=O)NC(Cc1ccccc1)C(=O)Nc1ccc(OC)nc1. The highest BCUT2D eigenvalue weighted by atomic mass is 16.5. The zero-order valence-corrected chi connectivity index (χ0v) is 13.8. The molecule has 0 bridgehead atoms. The maximum absolute atomic E-state index is 12.5. The van der Waals surface area contributed by atoms with Gasteiger partial charge in [0.15, 0.2) is 0 Å². The summed E-state index contributed by atoms with van der Waals surface area (Å²) in [5.41, 5.74) is 1.52. The highest BCUT2D eigenvalue weighted by molar-refractivity contribution is 5.97. The van der Waals surface area contributed by atoms with Crippen LogP contribution in [0.3, 0.4) is 0 Å². The fourth-order valence-electron chi connectivity index (χ4n) is 2.16. The van der Waals surface area contributed by atoms with E-state index < -0.39 is 6.04 Å². The molecule has 2 N–H and O–H groups in total. The number of anilines is 1. The zero-order chi connectivity index (χ0) is 17.4. The minimum absolute atomic E-state index is 0.168. The van der Waals surface area contributed by atoms with Crippen LogP contribution in [0.4, 0.5) is 5.69 Å². The Kier molecular flexibility index (Phi) is 6.31. The van der Waals surface area contributed by atoms with Gasteiger partial charge in [-0.1, -0.05) is 37.3 Å². The van der Waals surface area contributed by atoms with Gasteiger partial charge in [-0.05, 0) is 11.6 Å². The van der Waals surface area contributed by atoms with Crippen molar-refractivity contribution in [1.82, 2.24) is 10.3 Å². The minimum Gasteiger partial charge on any atom is -0.481 e. The molecular weight excluding hydrogens is 306 g/mol. The van der Waals surface area contributed by atoms with Crippen LogP contribution in [0, 0.1) is 0 Å². The van der Waals surface area contributed by atoms with E-state index in [0.717, 1.165) is 5.56 Å². The molecule has 24 heavy (non-hydrogen) atoms. The standard InChI is InChI=1S/C18H21N3O3/c1-3-16(22)21-15(11-13-7-5-4-6-8-13)18(23)20-14-9-10-17(24-2)19-12-14/h4-10,12,15H,3,11H2,1-2H3,(H,20,23)(H,21,22). The van der Waals surface area contributed by atoms with Gasteiger partial charge in [-0.2, -0.15) is 0 Å². The number of pyridine rings is 1. The molecule has 0 aliphatic heterocycles. The lowest BCUT2D eigenvalue weighted by molar-refractivity contribution is -0.126. The molecule has 6 heteroatoms. The Balaban J connectivity index is 2.09. The molecule has 2 aromatic rings. The third-order valence-corrected chi connectivity index (χ3v) is 3.47. The predicted molar refractivity (Wildman–Crippen MR) is 91.8 cm³/mol. The summed E-state index contributed by atoms with van der Waals surface area (Å²) < 4.78 is 4.99. The molecule has 1 aromatic heterocycles. The number of carbonyl (C=O) groups excluding carboxylic acids is 2. The van der Waals surface area contributed by atoms with E-state index in [0.29, 0.717) is 24.4 Å². The fourth-order valence-corrected chi connectivity index (χ4v) is 2.16. The second kappa shape index (κ2) is 8.67. The van der Waals surface area contributed by atoms with Crippen LogP contribution < -0.4 is 15.4 Å². The van der Waals surface area contributed by atoms with Crippen LogP contribution >= 0.6 is 0 Å². The smallest absolute Gasteiger partial charge is 0.247 e. The maximum atomic E-state index is 12.5. The van der Waals surface area contributed by atoms with Gasteiger partial charge in [-0.25, -0.2) is 4.98 Å². The largest absolute Gasteiger partial charge is 0.481 e. The van der Waals surface area contributed by atoms with Gasteiger partial charge in [0.05, 0.1) is 19.0 Å². The van der Waals surface area contributed by atoms with Crippen LogP contribution in [0.2, 0.25) is 0 Å². The van der Waals surface area contributed by atoms with Crippen molar-refractivity contribution in [2.75, 3.05) is 12.4 Å². The first-order chi connectivity index (χ1) is 11.6. The van der Waals surface area contributed by atoms with Crippen molar-refractivity contribution < 1.29 is 14.3 Å². The first kappa shape index (κ1) is 17.5. The molecule has 0 radical (unpaired) electrons. The van der Waals surface area contributed by atoms with Crippen LogP contribution in [-0.4, -0.2) is 29.9 Å². The molecular formula is C18H21N3O3. The van der Waals surface area contributed by atoms with Crippen molar-refractivity contribution in [3.63, 3.8) is 0 Å². The summed E-state index contributed by atoms with van der Waals surface area (Å²) in [7, 11) is 1.52. The van der Waals surface area contributed by atoms with Gasteiger partial charge in [0, 0.05) is 18.9 Å². The predicted octanol–water partition coefficient (Wildman–Crippen LogP) is 2.17. The van der Waals surface area contributed by atoms with E-state index in [1.54, 1.807) is 19.1 Å².